The zero-order chi connectivity index (χ0) is 31.6. The van der Waals surface area contributed by atoms with Crippen molar-refractivity contribution in [2.24, 2.45) is 0 Å². The third kappa shape index (κ3) is 6.65. The van der Waals surface area contributed by atoms with Crippen molar-refractivity contribution < 1.29 is 54.9 Å². The second kappa shape index (κ2) is 12.4. The number of ether oxygens (including phenoxy) is 3. The zero-order valence-electron chi connectivity index (χ0n) is 23.3. The van der Waals surface area contributed by atoms with Crippen LogP contribution < -0.4 is 15.0 Å². The highest BCUT2D eigenvalue weighted by molar-refractivity contribution is 6.00. The van der Waals surface area contributed by atoms with Gasteiger partial charge in [-0.2, -0.15) is 26.3 Å². The number of methoxy groups -OCH3 is 2. The Morgan fingerprint density at radius 3 is 2.07 bits per heavy atom. The molecule has 1 aliphatic rings. The van der Waals surface area contributed by atoms with Gasteiger partial charge in [0.05, 0.1) is 49.2 Å². The molecule has 2 atom stereocenters. The van der Waals surface area contributed by atoms with Crippen molar-refractivity contribution in [3.63, 3.8) is 0 Å². The monoisotopic (exact) mass is 605 g/mol. The fourth-order valence-corrected chi connectivity index (χ4v) is 4.83. The van der Waals surface area contributed by atoms with Crippen molar-refractivity contribution in [2.75, 3.05) is 32.8 Å². The molecule has 42 heavy (non-hydrogen) atoms. The summed E-state index contributed by atoms with van der Waals surface area (Å²) in [5, 5.41) is 2.45. The van der Waals surface area contributed by atoms with Crippen LogP contribution in [0, 0.1) is 0 Å². The molecular weight excluding hydrogens is 576 g/mol. The molecule has 0 saturated heterocycles. The summed E-state index contributed by atoms with van der Waals surface area (Å²) in [5.74, 6) is -0.526. The Hall–Kier alpha value is -4.17. The van der Waals surface area contributed by atoms with Gasteiger partial charge in [-0.15, -0.1) is 0 Å². The fourth-order valence-electron chi connectivity index (χ4n) is 4.83. The van der Waals surface area contributed by atoms with Crippen LogP contribution in [0.4, 0.5) is 41.6 Å². The molecule has 1 heterocycles. The molecule has 2 aromatic carbocycles. The Balaban J connectivity index is 2.25. The van der Waals surface area contributed by atoms with Crippen LogP contribution in [-0.2, 0) is 28.4 Å². The molecule has 0 aromatic heterocycles. The molecule has 0 unspecified atom stereocenters. The summed E-state index contributed by atoms with van der Waals surface area (Å²) < 4.78 is 96.6. The van der Waals surface area contributed by atoms with E-state index in [2.05, 4.69) is 5.32 Å². The summed E-state index contributed by atoms with van der Waals surface area (Å²) in [5.41, 5.74) is -3.17. The number of fused-ring (bicyclic) bond motifs is 1. The second-order valence-electron chi connectivity index (χ2n) is 9.37. The largest absolute Gasteiger partial charge is 0.496 e. The topological polar surface area (TPSA) is 97.4 Å². The van der Waals surface area contributed by atoms with Gasteiger partial charge < -0.3 is 19.5 Å². The standard InChI is InChI=1S/C27H29F6N3O6/c1-6-42-25(39)36-14(2)7-20(18-12-22(40-4)19(11-21(18)36)23(37)34-3)35(24(38)41-5)13-15-8-16(26(28,29)30)10-17(9-15)27(31,32)33/h8-12,14,20H,6-7,13H2,1-5H3,(H,34,37)/t14-,20+/m1/s1. The van der Waals surface area contributed by atoms with E-state index in [4.69, 9.17) is 14.2 Å². The van der Waals surface area contributed by atoms with E-state index in [1.807, 2.05) is 0 Å². The predicted octanol–water partition coefficient (Wildman–Crippen LogP) is 6.16. The summed E-state index contributed by atoms with van der Waals surface area (Å²) in [7, 11) is 3.66. The highest BCUT2D eigenvalue weighted by Crippen LogP contribution is 2.45. The molecule has 1 aliphatic heterocycles. The summed E-state index contributed by atoms with van der Waals surface area (Å²) in [6, 6.07) is 2.03. The number of anilines is 1. The van der Waals surface area contributed by atoms with Crippen LogP contribution in [0.3, 0.4) is 0 Å². The number of nitrogens with zero attached hydrogens (tertiary/aromatic N) is 2. The lowest BCUT2D eigenvalue weighted by atomic mass is 9.89. The first-order valence-electron chi connectivity index (χ1n) is 12.6. The number of hydrogen-bond donors (Lipinski definition) is 1. The predicted molar refractivity (Wildman–Crippen MR) is 137 cm³/mol. The number of hydrogen-bond acceptors (Lipinski definition) is 6. The Labute approximate surface area is 237 Å². The summed E-state index contributed by atoms with van der Waals surface area (Å²) in [4.78, 5) is 40.8. The number of rotatable bonds is 6. The minimum Gasteiger partial charge on any atom is -0.496 e. The highest BCUT2D eigenvalue weighted by Gasteiger charge is 2.42. The minimum atomic E-state index is -5.10. The number of halogens is 6. The third-order valence-corrected chi connectivity index (χ3v) is 6.69. The molecule has 9 nitrogen and oxygen atoms in total. The molecule has 0 saturated carbocycles. The van der Waals surface area contributed by atoms with Crippen LogP contribution in [0.25, 0.3) is 0 Å². The number of carbonyl (C=O) groups excluding carboxylic acids is 3. The lowest BCUT2D eigenvalue weighted by molar-refractivity contribution is -0.143. The van der Waals surface area contributed by atoms with E-state index in [9.17, 15) is 40.7 Å². The Bertz CT molecular complexity index is 1310. The molecule has 230 valence electrons. The summed E-state index contributed by atoms with van der Waals surface area (Å²) in [6.07, 6.45) is -12.0. The lowest BCUT2D eigenvalue weighted by Crippen LogP contribution is -2.48. The maximum Gasteiger partial charge on any atom is 0.416 e. The van der Waals surface area contributed by atoms with Crippen molar-refractivity contribution >= 4 is 23.8 Å². The van der Waals surface area contributed by atoms with Gasteiger partial charge in [0.15, 0.2) is 0 Å². The molecule has 3 amide bonds. The lowest BCUT2D eigenvalue weighted by Gasteiger charge is -2.42. The molecule has 0 bridgehead atoms. The first-order chi connectivity index (χ1) is 19.6. The van der Waals surface area contributed by atoms with Crippen LogP contribution in [0.2, 0.25) is 0 Å². The molecule has 0 radical (unpaired) electrons. The average molecular weight is 606 g/mol. The van der Waals surface area contributed by atoms with E-state index in [1.54, 1.807) is 13.8 Å². The number of carbonyl (C=O) groups is 3. The fraction of sp³-hybridized carbons (Fsp3) is 0.444. The first-order valence-corrected chi connectivity index (χ1v) is 12.6. The number of benzene rings is 2. The summed E-state index contributed by atoms with van der Waals surface area (Å²) >= 11 is 0. The van der Waals surface area contributed by atoms with E-state index in [-0.39, 0.29) is 41.7 Å². The van der Waals surface area contributed by atoms with Crippen LogP contribution >= 0.6 is 0 Å². The van der Waals surface area contributed by atoms with Crippen molar-refractivity contribution in [1.82, 2.24) is 10.2 Å². The minimum absolute atomic E-state index is 0.00758. The van der Waals surface area contributed by atoms with E-state index in [0.717, 1.165) is 12.0 Å². The molecule has 2 aromatic rings. The van der Waals surface area contributed by atoms with Crippen LogP contribution in [0.5, 0.6) is 5.75 Å². The normalized spacial score (nSPS) is 16.8. The highest BCUT2D eigenvalue weighted by atomic mass is 19.4. The van der Waals surface area contributed by atoms with Crippen molar-refractivity contribution in [3.8, 4) is 5.75 Å². The third-order valence-electron chi connectivity index (χ3n) is 6.69. The maximum absolute atomic E-state index is 13.5. The van der Waals surface area contributed by atoms with Gasteiger partial charge in [0.25, 0.3) is 5.91 Å². The van der Waals surface area contributed by atoms with Crippen molar-refractivity contribution in [1.29, 1.82) is 0 Å². The van der Waals surface area contributed by atoms with E-state index in [1.165, 1.54) is 31.2 Å². The molecule has 3 rings (SSSR count). The Morgan fingerprint density at radius 1 is 1.00 bits per heavy atom. The molecular formula is C27H29F6N3O6. The van der Waals surface area contributed by atoms with Gasteiger partial charge in [-0.1, -0.05) is 0 Å². The van der Waals surface area contributed by atoms with Gasteiger partial charge in [0.2, 0.25) is 0 Å². The second-order valence-corrected chi connectivity index (χ2v) is 9.37. The molecule has 0 spiro atoms. The average Bonchev–Trinajstić information content (AvgIpc) is 2.92. The van der Waals surface area contributed by atoms with Gasteiger partial charge in [-0.05, 0) is 56.2 Å². The summed E-state index contributed by atoms with van der Waals surface area (Å²) in [6.45, 7) is 2.50. The molecule has 1 N–H and O–H groups in total. The van der Waals surface area contributed by atoms with E-state index < -0.39 is 65.8 Å². The molecule has 0 fully saturated rings. The quantitative estimate of drug-likeness (QED) is 0.397. The zero-order valence-corrected chi connectivity index (χ0v) is 23.3. The van der Waals surface area contributed by atoms with Gasteiger partial charge in [-0.25, -0.2) is 9.59 Å². The van der Waals surface area contributed by atoms with Crippen LogP contribution in [0.15, 0.2) is 30.3 Å². The number of amides is 3. The Kier molecular flexibility index (Phi) is 9.53. The van der Waals surface area contributed by atoms with E-state index in [0.29, 0.717) is 12.1 Å². The van der Waals surface area contributed by atoms with Gasteiger partial charge in [-0.3, -0.25) is 14.6 Å². The molecule has 15 heteroatoms. The number of nitrogens with one attached hydrogen (secondary N) is 1. The smallest absolute Gasteiger partial charge is 0.416 e. The van der Waals surface area contributed by atoms with Gasteiger partial charge in [0.1, 0.15) is 5.75 Å². The van der Waals surface area contributed by atoms with Crippen molar-refractivity contribution in [3.05, 3.63) is 58.1 Å². The first kappa shape index (κ1) is 32.3. The number of alkyl halides is 6. The van der Waals surface area contributed by atoms with Gasteiger partial charge in [0, 0.05) is 25.2 Å². The van der Waals surface area contributed by atoms with Crippen LogP contribution in [-0.4, -0.2) is 56.9 Å². The maximum atomic E-state index is 13.5. The molecule has 0 aliphatic carbocycles. The van der Waals surface area contributed by atoms with Crippen LogP contribution in [0.1, 0.15) is 58.9 Å². The van der Waals surface area contributed by atoms with Gasteiger partial charge >= 0.3 is 24.5 Å². The SMILES string of the molecule is CCOC(=O)N1c2cc(C(=O)NC)c(OC)cc2[C@@H](N(Cc2cc(C(F)(F)F)cc(C(F)(F)F)c2)C(=O)OC)C[C@H]1C. The van der Waals surface area contributed by atoms with Crippen molar-refractivity contribution in [2.45, 2.75) is 51.2 Å². The van der Waals surface area contributed by atoms with E-state index >= 15 is 0 Å². The Morgan fingerprint density at radius 2 is 1.60 bits per heavy atom.